The minimum atomic E-state index is -0.903. The third-order valence-corrected chi connectivity index (χ3v) is 0.857. The van der Waals surface area contributed by atoms with E-state index in [1.54, 1.807) is 0 Å². The first-order chi connectivity index (χ1) is 3.06. The van der Waals surface area contributed by atoms with Crippen LogP contribution in [0.3, 0.4) is 0 Å². The zero-order valence-corrected chi connectivity index (χ0v) is 5.62. The normalized spacial score (nSPS) is 12.4. The first-order valence-corrected chi connectivity index (χ1v) is 4.65. The van der Waals surface area contributed by atoms with Gasteiger partial charge in [0.1, 0.15) is 5.53 Å². The van der Waals surface area contributed by atoms with Crippen LogP contribution in [0.1, 0.15) is 0 Å². The lowest BCUT2D eigenvalue weighted by Gasteiger charge is -2.05. The number of hydrogen-bond acceptors (Lipinski definition) is 2. The molecule has 0 amide bonds. The highest BCUT2D eigenvalue weighted by Gasteiger charge is 2.04. The second-order valence-corrected chi connectivity index (χ2v) is 5.66. The Kier molecular flexibility index (Phi) is 1.99. The van der Waals surface area contributed by atoms with Crippen molar-refractivity contribution >= 4 is 10.2 Å². The van der Waals surface area contributed by atoms with Gasteiger partial charge < -0.3 is 0 Å². The van der Waals surface area contributed by atoms with E-state index in [1.165, 1.54) is 0 Å². The number of nitrogens with one attached hydrogen (secondary N) is 1. The Labute approximate surface area is 44.8 Å². The molecule has 0 heterocycles. The quantitative estimate of drug-likeness (QED) is 0.398. The van der Waals surface area contributed by atoms with Gasteiger partial charge in [-0.1, -0.05) is 10.2 Å². The van der Waals surface area contributed by atoms with Gasteiger partial charge in [-0.05, 0) is 18.8 Å². The van der Waals surface area contributed by atoms with Gasteiger partial charge in [0.25, 0.3) is 0 Å². The Hall–Kier alpha value is -0.340. The van der Waals surface area contributed by atoms with Crippen LogP contribution in [0, 0.1) is 5.53 Å². The van der Waals surface area contributed by atoms with Crippen LogP contribution in [0.4, 0.5) is 0 Å². The molecule has 0 saturated heterocycles. The van der Waals surface area contributed by atoms with E-state index in [9.17, 15) is 0 Å². The van der Waals surface area contributed by atoms with Crippen LogP contribution in [0.2, 0.25) is 0 Å². The summed E-state index contributed by atoms with van der Waals surface area (Å²) in [6.07, 6.45) is 5.93. The highest BCUT2D eigenvalue weighted by Crippen LogP contribution is 2.34. The zero-order valence-electron chi connectivity index (χ0n) is 4.80. The Morgan fingerprint density at radius 1 is 1.43 bits per heavy atom. The molecule has 0 saturated carbocycles. The largest absolute Gasteiger partial charge is 0.225 e. The average Bonchev–Trinajstić information content (AvgIpc) is 1.30. The van der Waals surface area contributed by atoms with E-state index in [0.717, 1.165) is 0 Å². The van der Waals surface area contributed by atoms with Gasteiger partial charge >= 0.3 is 0 Å². The van der Waals surface area contributed by atoms with Gasteiger partial charge in [0.15, 0.2) is 4.52 Å². The molecule has 0 unspecified atom stereocenters. The van der Waals surface area contributed by atoms with E-state index in [2.05, 4.69) is 9.43 Å². The maximum Gasteiger partial charge on any atom is 0.225 e. The molecule has 42 valence electrons. The van der Waals surface area contributed by atoms with Crippen molar-refractivity contribution in [1.82, 2.24) is 4.91 Å². The topological polar surface area (TPSA) is 50.3 Å². The number of hydrogen-bond donors (Lipinski definition) is 1. The zero-order chi connectivity index (χ0) is 5.91. The molecular formula is C3H10N3S+. The molecule has 0 aromatic rings. The molecule has 0 spiro atoms. The number of nitrogens with zero attached hydrogens (tertiary/aromatic N) is 2. The van der Waals surface area contributed by atoms with Gasteiger partial charge in [-0.15, -0.1) is 0 Å². The SMILES string of the molecule is CS(C)(C)N=[N+]=N. The van der Waals surface area contributed by atoms with E-state index < -0.39 is 10.2 Å². The summed E-state index contributed by atoms with van der Waals surface area (Å²) in [5, 5.41) is 0. The smallest absolute Gasteiger partial charge is 0.0736 e. The lowest BCUT2D eigenvalue weighted by atomic mass is 11.9. The van der Waals surface area contributed by atoms with Crippen molar-refractivity contribution in [2.75, 3.05) is 18.8 Å². The van der Waals surface area contributed by atoms with Crippen molar-refractivity contribution in [2.24, 2.45) is 4.52 Å². The van der Waals surface area contributed by atoms with Crippen molar-refractivity contribution < 1.29 is 0 Å². The lowest BCUT2D eigenvalue weighted by Crippen LogP contribution is -1.83. The van der Waals surface area contributed by atoms with Gasteiger partial charge in [-0.2, -0.15) is 0 Å². The Morgan fingerprint density at radius 3 is 1.86 bits per heavy atom. The lowest BCUT2D eigenvalue weighted by molar-refractivity contribution is 1.03. The van der Waals surface area contributed by atoms with E-state index in [0.29, 0.717) is 0 Å². The van der Waals surface area contributed by atoms with Gasteiger partial charge in [-0.3, -0.25) is 0 Å². The molecule has 4 heteroatoms. The summed E-state index contributed by atoms with van der Waals surface area (Å²) in [6.45, 7) is 0. The molecule has 7 heavy (non-hydrogen) atoms. The molecule has 0 atom stereocenters. The third kappa shape index (κ3) is 5.66. The summed E-state index contributed by atoms with van der Waals surface area (Å²) < 4.78 is 3.63. The van der Waals surface area contributed by atoms with Crippen molar-refractivity contribution in [3.8, 4) is 0 Å². The standard InChI is InChI=1S/C3H10N3S/c1-7(2,3)6-5-4/h4H,1-3H3/q+1. The highest BCUT2D eigenvalue weighted by atomic mass is 32.3. The molecule has 0 aromatic carbocycles. The van der Waals surface area contributed by atoms with Crippen molar-refractivity contribution in [3.63, 3.8) is 0 Å². The summed E-state index contributed by atoms with van der Waals surface area (Å²) >= 11 is 0. The van der Waals surface area contributed by atoms with Crippen molar-refractivity contribution in [1.29, 1.82) is 5.53 Å². The predicted molar refractivity (Wildman–Crippen MR) is 32.6 cm³/mol. The van der Waals surface area contributed by atoms with E-state index in [-0.39, 0.29) is 0 Å². The fourth-order valence-corrected chi connectivity index (χ4v) is 0.367. The molecule has 1 N–H and O–H groups in total. The summed E-state index contributed by atoms with van der Waals surface area (Å²) in [7, 11) is -0.903. The Morgan fingerprint density at radius 2 is 1.86 bits per heavy atom. The van der Waals surface area contributed by atoms with Crippen molar-refractivity contribution in [3.05, 3.63) is 0 Å². The molecule has 0 fully saturated rings. The molecule has 0 aromatic heterocycles. The van der Waals surface area contributed by atoms with Crippen molar-refractivity contribution in [2.45, 2.75) is 0 Å². The molecular weight excluding hydrogens is 110 g/mol. The van der Waals surface area contributed by atoms with Gasteiger partial charge in [0, 0.05) is 0 Å². The van der Waals surface area contributed by atoms with Crippen LogP contribution < -0.4 is 4.91 Å². The summed E-state index contributed by atoms with van der Waals surface area (Å²) in [5.74, 6) is 0. The fraction of sp³-hybridized carbons (Fsp3) is 1.00. The second-order valence-electron chi connectivity index (χ2n) is 1.95. The molecule has 0 radical (unpaired) electrons. The first-order valence-electron chi connectivity index (χ1n) is 1.83. The number of rotatable bonds is 1. The maximum atomic E-state index is 6.34. The molecule has 0 aliphatic rings. The minimum Gasteiger partial charge on any atom is -0.0736 e. The van der Waals surface area contributed by atoms with Gasteiger partial charge in [0.05, 0.1) is 0 Å². The summed E-state index contributed by atoms with van der Waals surface area (Å²) in [4.78, 5) is 2.92. The van der Waals surface area contributed by atoms with Crippen LogP contribution in [-0.4, -0.2) is 18.8 Å². The van der Waals surface area contributed by atoms with E-state index >= 15 is 0 Å². The second kappa shape index (κ2) is 2.09. The van der Waals surface area contributed by atoms with Crippen LogP contribution in [0.15, 0.2) is 4.52 Å². The summed E-state index contributed by atoms with van der Waals surface area (Å²) in [6, 6.07) is 0. The maximum absolute atomic E-state index is 6.34. The summed E-state index contributed by atoms with van der Waals surface area (Å²) in [5.41, 5.74) is 6.34. The third-order valence-electron chi connectivity index (χ3n) is 0.286. The first kappa shape index (κ1) is 6.66. The Balaban J connectivity index is 3.80. The average molecular weight is 120 g/mol. The Bertz CT molecular complexity index is 97.2. The van der Waals surface area contributed by atoms with Gasteiger partial charge in [-0.25, -0.2) is 0 Å². The monoisotopic (exact) mass is 120 g/mol. The van der Waals surface area contributed by atoms with Crippen LogP contribution in [0.25, 0.3) is 0 Å². The van der Waals surface area contributed by atoms with Crippen LogP contribution in [-0.2, 0) is 0 Å². The molecule has 0 aliphatic carbocycles. The van der Waals surface area contributed by atoms with Crippen LogP contribution >= 0.6 is 10.2 Å². The van der Waals surface area contributed by atoms with E-state index in [1.807, 2.05) is 18.8 Å². The predicted octanol–water partition coefficient (Wildman–Crippen LogP) is 1.15. The molecule has 0 rings (SSSR count). The highest BCUT2D eigenvalue weighted by molar-refractivity contribution is 8.30. The molecule has 3 nitrogen and oxygen atoms in total. The molecule has 0 aliphatic heterocycles. The van der Waals surface area contributed by atoms with E-state index in [4.69, 9.17) is 5.53 Å². The van der Waals surface area contributed by atoms with Crippen LogP contribution in [0.5, 0.6) is 0 Å². The minimum absolute atomic E-state index is 0.903. The van der Waals surface area contributed by atoms with Gasteiger partial charge in [0.2, 0.25) is 4.91 Å². The fourth-order valence-electron chi connectivity index (χ4n) is 0.122. The molecule has 0 bridgehead atoms.